The number of ketones is 1. The van der Waals surface area contributed by atoms with E-state index in [0.717, 1.165) is 91.5 Å². The summed E-state index contributed by atoms with van der Waals surface area (Å²) in [6.45, 7) is 52.1. The summed E-state index contributed by atoms with van der Waals surface area (Å²) < 4.78 is 56.8. The quantitative estimate of drug-likeness (QED) is 0.0367. The number of aliphatic hydroxyl groups is 2. The SMILES string of the molecule is C#C[C@@H]1C[C@H](C)CN1C(=O)OC(C)(C)C.C#C[C@H]1CCCN1C(=O)OC(C)(C)C.CC(C)(C)OC(=O)N1CCC[C@@H]1C=O.CC(C)(C)OC(=O)N1CCC[C@@H]1CO.COP(=O)(OC)C(=[N+]=[N-])C(C)=O.C[C@H]1C[C@@H](C(=O)O)N(C(=O)OC(C)(C)C)C1.C[C@H]1C[C@@H](C=O)N(C(=O)OC(C)(C)C)C1.C[C@H]1C[C@@H](CO)N(C(=O)OC(C)(C)C)C1. The monoisotopic (exact) mass is 1650 g/mol. The van der Waals surface area contributed by atoms with E-state index in [-0.39, 0.29) is 91.9 Å². The smallest absolute Gasteiger partial charge is 0.446 e. The minimum absolute atomic E-state index is 0.0174. The Balaban J connectivity index is 0.00000129. The molecule has 0 aromatic heterocycles. The maximum absolute atomic E-state index is 11.8. The summed E-state index contributed by atoms with van der Waals surface area (Å²) in [7, 11) is -1.51. The average molecular weight is 1660 g/mol. The molecular formula is C81H140N9O24P. The zero-order valence-electron chi connectivity index (χ0n) is 74.0. The van der Waals surface area contributed by atoms with Crippen LogP contribution in [-0.4, -0.2) is 282 Å². The molecular weight excluding hydrogens is 1510 g/mol. The molecule has 7 saturated heterocycles. The fourth-order valence-electron chi connectivity index (χ4n) is 12.3. The highest BCUT2D eigenvalue weighted by Gasteiger charge is 2.44. The van der Waals surface area contributed by atoms with Crippen LogP contribution >= 0.6 is 7.60 Å². The molecule has 115 heavy (non-hydrogen) atoms. The van der Waals surface area contributed by atoms with Gasteiger partial charge in [0, 0.05) is 67.0 Å². The van der Waals surface area contributed by atoms with Gasteiger partial charge in [0.2, 0.25) is 5.78 Å². The van der Waals surface area contributed by atoms with Gasteiger partial charge in [-0.25, -0.2) is 42.9 Å². The number of aliphatic hydroxyl groups excluding tert-OH is 2. The van der Waals surface area contributed by atoms with Gasteiger partial charge in [-0.3, -0.25) is 29.3 Å². The van der Waals surface area contributed by atoms with Crippen molar-refractivity contribution in [3.63, 3.8) is 0 Å². The Labute approximate surface area is 683 Å². The van der Waals surface area contributed by atoms with Gasteiger partial charge in [-0.2, -0.15) is 4.79 Å². The highest BCUT2D eigenvalue weighted by atomic mass is 31.2. The standard InChI is InChI=1S/C12H19NO2.C11H19NO4.C11H21NO3.C11H19NO3.C11H17NO2.C10H19NO3.C10H17NO3.C5H9N2O4P/c1-6-10-7-9(2)8-13(10)11(14)15-12(3,4)5;1-7-5-8(9(13)14)12(6-7)10(15)16-11(2,3)4;2*1-8-5-9(7-13)12(6-8)10(14)15-11(2,3)4;1-5-9-7-6-8-12(9)10(13)14-11(2,3)4;2*1-10(2,3)14-9(13)11-6-4-5-8(11)7-12;1-4(8)5(7-6)12(9,10-2)11-3/h1,9-10H,7-8H2,2-5H3;7-8H,5-6H2,1-4H3,(H,13,14);8-9,13H,5-7H2,1-4H3;7-9H,5-6H2,1-4H3;1,9H,6-8H2,2-4H3;8,12H,4-7H2,1-3H3;7-8H,4-6H2,1-3H3;1-3H3/t9-,10+;7-,8-;2*8-,9-;9-;2*8-;/m0000011./s1. The predicted octanol–water partition coefficient (Wildman–Crippen LogP) is 13.1. The molecule has 0 bridgehead atoms. The number of likely N-dealkylation sites (tertiary alicyclic amines) is 7. The Kier molecular flexibility index (Phi) is 44.0. The molecule has 0 aromatic carbocycles. The van der Waals surface area contributed by atoms with Crippen LogP contribution in [0.4, 0.5) is 33.6 Å². The Morgan fingerprint density at radius 1 is 0.435 bits per heavy atom. The number of aldehydes is 2. The van der Waals surface area contributed by atoms with E-state index in [9.17, 15) is 57.3 Å². The molecule has 7 fully saturated rings. The molecule has 0 saturated carbocycles. The zero-order chi connectivity index (χ0) is 89.5. The lowest BCUT2D eigenvalue weighted by Gasteiger charge is -2.27. The van der Waals surface area contributed by atoms with Crippen molar-refractivity contribution in [3.05, 3.63) is 5.53 Å². The number of ether oxygens (including phenoxy) is 7. The highest BCUT2D eigenvalue weighted by Crippen LogP contribution is 2.47. The van der Waals surface area contributed by atoms with Crippen molar-refractivity contribution in [2.45, 2.75) is 326 Å². The highest BCUT2D eigenvalue weighted by molar-refractivity contribution is 7.74. The van der Waals surface area contributed by atoms with Crippen molar-refractivity contribution < 1.29 is 120 Å². The van der Waals surface area contributed by atoms with Crippen LogP contribution in [0.3, 0.4) is 0 Å². The molecule has 0 radical (unpaired) electrons. The molecule has 11 atom stereocenters. The second kappa shape index (κ2) is 47.4. The molecule has 7 heterocycles. The predicted molar refractivity (Wildman–Crippen MR) is 432 cm³/mol. The number of terminal acetylenes is 2. The first-order chi connectivity index (χ1) is 52.5. The number of nitrogens with zero attached hydrogens (tertiary/aromatic N) is 9. The number of carbonyl (C=O) groups is 11. The number of carbonyl (C=O) groups excluding carboxylic acids is 10. The number of carboxylic acids is 1. The van der Waals surface area contributed by atoms with Crippen molar-refractivity contribution in [1.82, 2.24) is 34.3 Å². The second-order valence-corrected chi connectivity index (χ2v) is 38.6. The molecule has 658 valence electrons. The van der Waals surface area contributed by atoms with Gasteiger partial charge < -0.3 is 82.4 Å². The topological polar surface area (TPSA) is 408 Å². The van der Waals surface area contributed by atoms with Crippen molar-refractivity contribution >= 4 is 80.0 Å². The van der Waals surface area contributed by atoms with E-state index >= 15 is 0 Å². The number of carboxylic acid groups (broad SMARTS) is 1. The van der Waals surface area contributed by atoms with Gasteiger partial charge in [-0.05, 0) is 233 Å². The molecule has 3 N–H and O–H groups in total. The summed E-state index contributed by atoms with van der Waals surface area (Å²) in [5, 5.41) is 27.2. The Morgan fingerprint density at radius 2 is 0.757 bits per heavy atom. The van der Waals surface area contributed by atoms with E-state index in [1.165, 1.54) is 14.7 Å². The maximum Gasteiger partial charge on any atom is 0.446 e. The Morgan fingerprint density at radius 3 is 1.14 bits per heavy atom. The Bertz CT molecular complexity index is 3350. The van der Waals surface area contributed by atoms with Crippen LogP contribution < -0.4 is 0 Å². The normalized spacial score (nSPS) is 23.2. The van der Waals surface area contributed by atoms with Crippen LogP contribution in [-0.2, 0) is 65.9 Å². The number of aliphatic carboxylic acids is 1. The lowest BCUT2D eigenvalue weighted by atomic mass is 10.1. The summed E-state index contributed by atoms with van der Waals surface area (Å²) >= 11 is 0. The summed E-state index contributed by atoms with van der Waals surface area (Å²) in [5.74, 6) is 5.08. The van der Waals surface area contributed by atoms with E-state index in [1.807, 2.05) is 138 Å². The number of amides is 7. The molecule has 7 rings (SSSR count). The van der Waals surface area contributed by atoms with E-state index in [4.69, 9.17) is 66.9 Å². The van der Waals surface area contributed by atoms with Gasteiger partial charge in [0.05, 0.1) is 49.5 Å². The van der Waals surface area contributed by atoms with E-state index < -0.39 is 76.1 Å². The third-order valence-corrected chi connectivity index (χ3v) is 19.0. The fourth-order valence-corrected chi connectivity index (χ4v) is 13.2. The van der Waals surface area contributed by atoms with E-state index in [0.29, 0.717) is 70.0 Å². The van der Waals surface area contributed by atoms with Crippen molar-refractivity contribution in [2.75, 3.05) is 73.2 Å². The van der Waals surface area contributed by atoms with E-state index in [1.54, 1.807) is 40.4 Å². The Hall–Kier alpha value is -8.06. The number of Topliss-reactive ketones (excluding diaryl/α,β-unsaturated/α-hetero) is 1. The molecule has 7 aliphatic rings. The van der Waals surface area contributed by atoms with Gasteiger partial charge in [-0.1, -0.05) is 39.5 Å². The van der Waals surface area contributed by atoms with Crippen molar-refractivity contribution in [2.24, 2.45) is 23.7 Å². The van der Waals surface area contributed by atoms with E-state index in [2.05, 4.69) is 39.5 Å². The number of hydrogen-bond acceptors (Lipinski definition) is 23. The molecule has 0 unspecified atom stereocenters. The molecule has 0 aromatic rings. The minimum atomic E-state index is -3.70. The molecule has 34 heteroatoms. The van der Waals surface area contributed by atoms with Gasteiger partial charge in [0.1, 0.15) is 57.8 Å². The van der Waals surface area contributed by atoms with Crippen LogP contribution in [0, 0.1) is 48.4 Å². The van der Waals surface area contributed by atoms with Gasteiger partial charge in [-0.15, -0.1) is 12.8 Å². The first-order valence-electron chi connectivity index (χ1n) is 39.2. The first kappa shape index (κ1) is 107. The van der Waals surface area contributed by atoms with Crippen LogP contribution in [0.2, 0.25) is 0 Å². The van der Waals surface area contributed by atoms with Crippen LogP contribution in [0.1, 0.15) is 244 Å². The average Bonchev–Trinajstić information content (AvgIpc) is 1.77. The largest absolute Gasteiger partial charge is 0.480 e. The molecule has 7 amide bonds. The first-order valence-corrected chi connectivity index (χ1v) is 40.8. The summed E-state index contributed by atoms with van der Waals surface area (Å²) in [4.78, 5) is 138. The van der Waals surface area contributed by atoms with Crippen LogP contribution in [0.15, 0.2) is 0 Å². The third kappa shape index (κ3) is 41.1. The molecule has 0 aliphatic carbocycles. The minimum Gasteiger partial charge on any atom is -0.480 e. The maximum atomic E-state index is 11.8. The lowest BCUT2D eigenvalue weighted by molar-refractivity contribution is -0.142. The third-order valence-electron chi connectivity index (χ3n) is 17.1. The van der Waals surface area contributed by atoms with Crippen LogP contribution in [0.5, 0.6) is 0 Å². The number of rotatable bonds is 9. The number of hydrogen-bond donors (Lipinski definition) is 3. The van der Waals surface area contributed by atoms with Crippen molar-refractivity contribution in [3.8, 4) is 24.7 Å². The fraction of sp³-hybridized carbons (Fsp3) is 0.802. The van der Waals surface area contributed by atoms with Crippen LogP contribution in [0.25, 0.3) is 5.53 Å². The van der Waals surface area contributed by atoms with Gasteiger partial charge in [0.25, 0.3) is 0 Å². The summed E-state index contributed by atoms with van der Waals surface area (Å²) in [6, 6.07) is -1.65. The lowest BCUT2D eigenvalue weighted by Crippen LogP contribution is -2.43. The molecule has 7 aliphatic heterocycles. The second-order valence-electron chi connectivity index (χ2n) is 36.5. The van der Waals surface area contributed by atoms with Crippen molar-refractivity contribution in [1.29, 1.82) is 0 Å². The van der Waals surface area contributed by atoms with Gasteiger partial charge in [0.15, 0.2) is 0 Å². The molecule has 0 spiro atoms. The molecule has 33 nitrogen and oxygen atoms in total. The summed E-state index contributed by atoms with van der Waals surface area (Å²) in [5.41, 5.74) is 4.31. The zero-order valence-corrected chi connectivity index (χ0v) is 74.9. The summed E-state index contributed by atoms with van der Waals surface area (Å²) in [6.07, 6.45) is 18.1. The van der Waals surface area contributed by atoms with Gasteiger partial charge >= 0.3 is 61.7 Å².